The Balaban J connectivity index is 1.57. The standard InChI is InChI=1S/C16H11F2N3OS2/c17-11-5-4-10(7-12(11)18)23-9-15(22)21-16-20-14(8-24-16)13-3-1-2-6-19-13/h1-8H,9H2,(H,20,21,22). The highest BCUT2D eigenvalue weighted by molar-refractivity contribution is 8.00. The molecule has 0 aliphatic heterocycles. The number of halogens is 2. The molecule has 1 amide bonds. The highest BCUT2D eigenvalue weighted by atomic mass is 32.2. The normalized spacial score (nSPS) is 10.6. The molecule has 0 saturated carbocycles. The summed E-state index contributed by atoms with van der Waals surface area (Å²) in [7, 11) is 0. The second-order valence-corrected chi connectivity index (χ2v) is 6.57. The van der Waals surface area contributed by atoms with Crippen LogP contribution in [0.5, 0.6) is 0 Å². The van der Waals surface area contributed by atoms with E-state index in [9.17, 15) is 13.6 Å². The molecule has 0 atom stereocenters. The zero-order valence-corrected chi connectivity index (χ0v) is 13.8. The molecule has 8 heteroatoms. The van der Waals surface area contributed by atoms with Crippen LogP contribution in [0.1, 0.15) is 0 Å². The number of hydrogen-bond donors (Lipinski definition) is 1. The van der Waals surface area contributed by atoms with Gasteiger partial charge in [-0.05, 0) is 30.3 Å². The van der Waals surface area contributed by atoms with Gasteiger partial charge in [-0.2, -0.15) is 0 Å². The van der Waals surface area contributed by atoms with Crippen molar-refractivity contribution >= 4 is 34.1 Å². The van der Waals surface area contributed by atoms with Gasteiger partial charge in [0.05, 0.1) is 11.4 Å². The lowest BCUT2D eigenvalue weighted by Crippen LogP contribution is -2.13. The molecule has 1 N–H and O–H groups in total. The molecular weight excluding hydrogens is 352 g/mol. The SMILES string of the molecule is O=C(CSc1ccc(F)c(F)c1)Nc1nc(-c2ccccn2)cs1. The second kappa shape index (κ2) is 7.50. The van der Waals surface area contributed by atoms with E-state index in [1.54, 1.807) is 11.6 Å². The van der Waals surface area contributed by atoms with Gasteiger partial charge < -0.3 is 5.32 Å². The zero-order chi connectivity index (χ0) is 16.9. The molecule has 3 rings (SSSR count). The van der Waals surface area contributed by atoms with Crippen LogP contribution >= 0.6 is 23.1 Å². The van der Waals surface area contributed by atoms with Crippen LogP contribution in [0, 0.1) is 11.6 Å². The molecule has 122 valence electrons. The van der Waals surface area contributed by atoms with Crippen molar-refractivity contribution in [3.8, 4) is 11.4 Å². The number of benzene rings is 1. The molecule has 0 bridgehead atoms. The highest BCUT2D eigenvalue weighted by Gasteiger charge is 2.10. The molecule has 4 nitrogen and oxygen atoms in total. The van der Waals surface area contributed by atoms with Gasteiger partial charge in [-0.3, -0.25) is 9.78 Å². The van der Waals surface area contributed by atoms with Gasteiger partial charge in [0.25, 0.3) is 0 Å². The minimum Gasteiger partial charge on any atom is -0.301 e. The number of nitrogens with zero attached hydrogens (tertiary/aromatic N) is 2. The first-order valence-electron chi connectivity index (χ1n) is 6.86. The van der Waals surface area contributed by atoms with Crippen molar-refractivity contribution < 1.29 is 13.6 Å². The number of amides is 1. The topological polar surface area (TPSA) is 54.9 Å². The average molecular weight is 363 g/mol. The summed E-state index contributed by atoms with van der Waals surface area (Å²) in [5.41, 5.74) is 1.41. The molecule has 0 aliphatic carbocycles. The second-order valence-electron chi connectivity index (χ2n) is 4.67. The third kappa shape index (κ3) is 4.15. The van der Waals surface area contributed by atoms with Crippen LogP contribution < -0.4 is 5.32 Å². The number of pyridine rings is 1. The first kappa shape index (κ1) is 16.5. The number of anilines is 1. The van der Waals surface area contributed by atoms with Crippen LogP contribution in [-0.4, -0.2) is 21.6 Å². The van der Waals surface area contributed by atoms with Gasteiger partial charge in [0.2, 0.25) is 5.91 Å². The van der Waals surface area contributed by atoms with Crippen molar-refractivity contribution in [2.45, 2.75) is 4.90 Å². The van der Waals surface area contributed by atoms with Crippen molar-refractivity contribution in [2.24, 2.45) is 0 Å². The third-order valence-corrected chi connectivity index (χ3v) is 4.69. The van der Waals surface area contributed by atoms with Crippen LogP contribution in [0.3, 0.4) is 0 Å². The zero-order valence-electron chi connectivity index (χ0n) is 12.2. The van der Waals surface area contributed by atoms with E-state index in [1.807, 2.05) is 18.2 Å². The molecule has 0 radical (unpaired) electrons. The van der Waals surface area contributed by atoms with Crippen molar-refractivity contribution in [2.75, 3.05) is 11.1 Å². The summed E-state index contributed by atoms with van der Waals surface area (Å²) in [5, 5.41) is 4.95. The fourth-order valence-corrected chi connectivity index (χ4v) is 3.28. The molecule has 2 heterocycles. The Morgan fingerprint density at radius 1 is 1.17 bits per heavy atom. The van der Waals surface area contributed by atoms with Gasteiger partial charge in [-0.25, -0.2) is 13.8 Å². The van der Waals surface area contributed by atoms with E-state index in [-0.39, 0.29) is 11.7 Å². The van der Waals surface area contributed by atoms with Gasteiger partial charge in [-0.15, -0.1) is 23.1 Å². The molecule has 1 aromatic carbocycles. The molecular formula is C16H11F2N3OS2. The van der Waals surface area contributed by atoms with E-state index in [0.29, 0.717) is 15.7 Å². The Hall–Kier alpha value is -2.32. The molecule has 0 fully saturated rings. The first-order chi connectivity index (χ1) is 11.6. The van der Waals surface area contributed by atoms with Crippen molar-refractivity contribution in [1.29, 1.82) is 0 Å². The Kier molecular flexibility index (Phi) is 5.17. The summed E-state index contributed by atoms with van der Waals surface area (Å²) >= 11 is 2.42. The highest BCUT2D eigenvalue weighted by Crippen LogP contribution is 2.24. The number of thiazole rings is 1. The lowest BCUT2D eigenvalue weighted by atomic mass is 10.3. The Bertz CT molecular complexity index is 856. The number of thioether (sulfide) groups is 1. The maximum Gasteiger partial charge on any atom is 0.236 e. The summed E-state index contributed by atoms with van der Waals surface area (Å²) in [5.74, 6) is -2.04. The van der Waals surface area contributed by atoms with Gasteiger partial charge >= 0.3 is 0 Å². The maximum absolute atomic E-state index is 13.1. The quantitative estimate of drug-likeness (QED) is 0.690. The predicted octanol–water partition coefficient (Wildman–Crippen LogP) is 4.21. The summed E-state index contributed by atoms with van der Waals surface area (Å²) in [4.78, 5) is 20.9. The molecule has 0 saturated heterocycles. The van der Waals surface area contributed by atoms with E-state index >= 15 is 0 Å². The van der Waals surface area contributed by atoms with Crippen LogP contribution in [0.15, 0.2) is 52.9 Å². The fourth-order valence-electron chi connectivity index (χ4n) is 1.83. The molecule has 3 aromatic rings. The number of carbonyl (C=O) groups excluding carboxylic acids is 1. The van der Waals surface area contributed by atoms with E-state index < -0.39 is 11.6 Å². The van der Waals surface area contributed by atoms with Crippen LogP contribution in [0.2, 0.25) is 0 Å². The van der Waals surface area contributed by atoms with Crippen molar-refractivity contribution in [3.05, 3.63) is 59.6 Å². The molecule has 24 heavy (non-hydrogen) atoms. The van der Waals surface area contributed by atoms with Crippen LogP contribution in [-0.2, 0) is 4.79 Å². The third-order valence-electron chi connectivity index (χ3n) is 2.94. The minimum absolute atomic E-state index is 0.0730. The van der Waals surface area contributed by atoms with E-state index in [4.69, 9.17) is 0 Å². The van der Waals surface area contributed by atoms with Gasteiger partial charge in [0, 0.05) is 16.5 Å². The van der Waals surface area contributed by atoms with E-state index in [0.717, 1.165) is 29.6 Å². The van der Waals surface area contributed by atoms with Gasteiger partial charge in [-0.1, -0.05) is 6.07 Å². The number of aromatic nitrogens is 2. The number of nitrogens with one attached hydrogen (secondary N) is 1. The average Bonchev–Trinajstić information content (AvgIpc) is 3.05. The summed E-state index contributed by atoms with van der Waals surface area (Å²) < 4.78 is 26.0. The number of hydrogen-bond acceptors (Lipinski definition) is 5. The lowest BCUT2D eigenvalue weighted by molar-refractivity contribution is -0.113. The fraction of sp³-hybridized carbons (Fsp3) is 0.0625. The van der Waals surface area contributed by atoms with Crippen molar-refractivity contribution in [1.82, 2.24) is 9.97 Å². The molecule has 0 spiro atoms. The lowest BCUT2D eigenvalue weighted by Gasteiger charge is -2.03. The Morgan fingerprint density at radius 2 is 2.04 bits per heavy atom. The molecule has 0 aliphatic rings. The van der Waals surface area contributed by atoms with Crippen molar-refractivity contribution in [3.63, 3.8) is 0 Å². The molecule has 0 unspecified atom stereocenters. The monoisotopic (exact) mass is 363 g/mol. The van der Waals surface area contributed by atoms with E-state index in [1.165, 1.54) is 17.4 Å². The van der Waals surface area contributed by atoms with E-state index in [2.05, 4.69) is 15.3 Å². The summed E-state index contributed by atoms with van der Waals surface area (Å²) in [6.45, 7) is 0. The largest absolute Gasteiger partial charge is 0.301 e. The number of rotatable bonds is 5. The smallest absolute Gasteiger partial charge is 0.236 e. The minimum atomic E-state index is -0.930. The summed E-state index contributed by atoms with van der Waals surface area (Å²) in [6, 6.07) is 9.04. The molecule has 2 aromatic heterocycles. The maximum atomic E-state index is 13.1. The predicted molar refractivity (Wildman–Crippen MR) is 91.1 cm³/mol. The Labute approximate surface area is 145 Å². The van der Waals surface area contributed by atoms with Crippen LogP contribution in [0.4, 0.5) is 13.9 Å². The Morgan fingerprint density at radius 3 is 2.79 bits per heavy atom. The first-order valence-corrected chi connectivity index (χ1v) is 8.73. The van der Waals surface area contributed by atoms with Crippen LogP contribution in [0.25, 0.3) is 11.4 Å². The summed E-state index contributed by atoms with van der Waals surface area (Å²) in [6.07, 6.45) is 1.67. The number of carbonyl (C=O) groups is 1. The van der Waals surface area contributed by atoms with Gasteiger partial charge in [0.1, 0.15) is 5.69 Å². The van der Waals surface area contributed by atoms with Gasteiger partial charge in [0.15, 0.2) is 16.8 Å².